The number of likely N-dealkylation sites (tertiary alicyclic amines) is 1. The van der Waals surface area contributed by atoms with E-state index < -0.39 is 0 Å². The van der Waals surface area contributed by atoms with Gasteiger partial charge in [-0.25, -0.2) is 4.39 Å². The van der Waals surface area contributed by atoms with Crippen LogP contribution in [0.5, 0.6) is 0 Å². The van der Waals surface area contributed by atoms with Crippen LogP contribution < -0.4 is 0 Å². The van der Waals surface area contributed by atoms with Crippen molar-refractivity contribution >= 4 is 5.91 Å². The molecule has 2 aromatic carbocycles. The van der Waals surface area contributed by atoms with E-state index in [-0.39, 0.29) is 17.6 Å². The second-order valence-corrected chi connectivity index (χ2v) is 6.73. The number of benzene rings is 2. The van der Waals surface area contributed by atoms with Crippen LogP contribution >= 0.6 is 0 Å². The van der Waals surface area contributed by atoms with Gasteiger partial charge in [-0.15, -0.1) is 0 Å². The van der Waals surface area contributed by atoms with Gasteiger partial charge in [-0.2, -0.15) is 0 Å². The van der Waals surface area contributed by atoms with Gasteiger partial charge in [-0.05, 0) is 37.1 Å². The fraction of sp³-hybridized carbons (Fsp3) is 0.227. The maximum atomic E-state index is 14.3. The summed E-state index contributed by atoms with van der Waals surface area (Å²) in [7, 11) is 0. The third-order valence-corrected chi connectivity index (χ3v) is 4.97. The van der Waals surface area contributed by atoms with E-state index >= 15 is 0 Å². The van der Waals surface area contributed by atoms with Crippen LogP contribution in [0.2, 0.25) is 0 Å². The molecule has 0 spiro atoms. The van der Waals surface area contributed by atoms with E-state index in [0.29, 0.717) is 23.4 Å². The number of hydrogen-bond acceptors (Lipinski definition) is 3. The highest BCUT2D eigenvalue weighted by Crippen LogP contribution is 2.33. The Morgan fingerprint density at radius 2 is 1.74 bits per heavy atom. The summed E-state index contributed by atoms with van der Waals surface area (Å²) < 4.78 is 14.3. The zero-order valence-corrected chi connectivity index (χ0v) is 14.9. The normalized spacial score (nSPS) is 16.9. The second kappa shape index (κ2) is 7.66. The summed E-state index contributed by atoms with van der Waals surface area (Å²) >= 11 is 0. The van der Waals surface area contributed by atoms with Crippen molar-refractivity contribution in [3.63, 3.8) is 0 Å². The maximum Gasteiger partial charge on any atom is 0.253 e. The quantitative estimate of drug-likeness (QED) is 0.699. The average Bonchev–Trinajstić information content (AvgIpc) is 2.74. The van der Waals surface area contributed by atoms with E-state index in [1.54, 1.807) is 30.6 Å². The molecule has 1 aliphatic rings. The van der Waals surface area contributed by atoms with Gasteiger partial charge in [0.15, 0.2) is 0 Å². The zero-order valence-electron chi connectivity index (χ0n) is 14.9. The van der Waals surface area contributed by atoms with Crippen LogP contribution in [-0.4, -0.2) is 33.9 Å². The van der Waals surface area contributed by atoms with Crippen molar-refractivity contribution < 1.29 is 9.18 Å². The highest BCUT2D eigenvalue weighted by atomic mass is 19.1. The van der Waals surface area contributed by atoms with Gasteiger partial charge in [-0.3, -0.25) is 14.8 Å². The Bertz CT molecular complexity index is 945. The largest absolute Gasteiger partial charge is 0.338 e. The Morgan fingerprint density at radius 1 is 1.00 bits per heavy atom. The van der Waals surface area contributed by atoms with Crippen LogP contribution in [0.25, 0.3) is 11.3 Å². The minimum absolute atomic E-state index is 0.0247. The molecule has 0 unspecified atom stereocenters. The first-order valence-corrected chi connectivity index (χ1v) is 9.14. The van der Waals surface area contributed by atoms with Gasteiger partial charge >= 0.3 is 0 Å². The van der Waals surface area contributed by atoms with Gasteiger partial charge in [-0.1, -0.05) is 30.3 Å². The SMILES string of the molecule is O=C(c1ccccc1)N1CCC[C@@H](c2nccnc2-c2ccccc2F)C1. The Kier molecular flexibility index (Phi) is 4.92. The molecular weight excluding hydrogens is 341 g/mol. The van der Waals surface area contributed by atoms with Crippen LogP contribution in [0.15, 0.2) is 67.0 Å². The zero-order chi connectivity index (χ0) is 18.6. The lowest BCUT2D eigenvalue weighted by Gasteiger charge is -2.33. The molecule has 2 heterocycles. The average molecular weight is 361 g/mol. The predicted octanol–water partition coefficient (Wildman–Crippen LogP) is 4.30. The summed E-state index contributed by atoms with van der Waals surface area (Å²) in [5.74, 6) is -0.251. The van der Waals surface area contributed by atoms with Crippen molar-refractivity contribution in [2.45, 2.75) is 18.8 Å². The summed E-state index contributed by atoms with van der Waals surface area (Å²) in [6.45, 7) is 1.29. The first-order valence-electron chi connectivity index (χ1n) is 9.14. The topological polar surface area (TPSA) is 46.1 Å². The molecule has 1 aromatic heterocycles. The molecule has 5 heteroatoms. The number of piperidine rings is 1. The third-order valence-electron chi connectivity index (χ3n) is 4.97. The van der Waals surface area contributed by atoms with E-state index in [1.807, 2.05) is 35.2 Å². The van der Waals surface area contributed by atoms with Crippen LogP contribution in [0.4, 0.5) is 4.39 Å². The summed E-state index contributed by atoms with van der Waals surface area (Å²) in [5.41, 5.74) is 2.46. The molecule has 1 fully saturated rings. The molecule has 1 atom stereocenters. The van der Waals surface area contributed by atoms with Crippen LogP contribution in [0.3, 0.4) is 0 Å². The fourth-order valence-corrected chi connectivity index (χ4v) is 3.66. The summed E-state index contributed by atoms with van der Waals surface area (Å²) in [4.78, 5) is 23.6. The Balaban J connectivity index is 1.63. The molecule has 0 N–H and O–H groups in total. The molecule has 27 heavy (non-hydrogen) atoms. The van der Waals surface area contributed by atoms with Gasteiger partial charge in [0.05, 0.1) is 11.4 Å². The molecule has 0 bridgehead atoms. The Hall–Kier alpha value is -3.08. The summed E-state index contributed by atoms with van der Waals surface area (Å²) in [5, 5.41) is 0. The number of carbonyl (C=O) groups excluding carboxylic acids is 1. The van der Waals surface area contributed by atoms with Gasteiger partial charge < -0.3 is 4.90 Å². The van der Waals surface area contributed by atoms with Gasteiger partial charge in [0.25, 0.3) is 5.91 Å². The first-order chi connectivity index (χ1) is 13.2. The summed E-state index contributed by atoms with van der Waals surface area (Å²) in [6.07, 6.45) is 5.01. The van der Waals surface area contributed by atoms with Crippen molar-refractivity contribution in [1.82, 2.24) is 14.9 Å². The molecule has 1 amide bonds. The number of hydrogen-bond donors (Lipinski definition) is 0. The van der Waals surface area contributed by atoms with Crippen molar-refractivity contribution in [3.8, 4) is 11.3 Å². The standard InChI is InChI=1S/C22H20FN3O/c23-19-11-5-4-10-18(19)21-20(24-12-13-25-21)17-9-6-14-26(15-17)22(27)16-7-2-1-3-8-16/h1-5,7-8,10-13,17H,6,9,14-15H2/t17-/m1/s1. The molecule has 4 nitrogen and oxygen atoms in total. The summed E-state index contributed by atoms with van der Waals surface area (Å²) in [6, 6.07) is 15.9. The Labute approximate surface area is 157 Å². The number of rotatable bonds is 3. The van der Waals surface area contributed by atoms with Gasteiger partial charge in [0, 0.05) is 42.5 Å². The number of aromatic nitrogens is 2. The van der Waals surface area contributed by atoms with Crippen molar-refractivity contribution in [2.24, 2.45) is 0 Å². The van der Waals surface area contributed by atoms with Crippen molar-refractivity contribution in [1.29, 1.82) is 0 Å². The second-order valence-electron chi connectivity index (χ2n) is 6.73. The maximum absolute atomic E-state index is 14.3. The number of carbonyl (C=O) groups is 1. The van der Waals surface area contributed by atoms with Crippen molar-refractivity contribution in [3.05, 3.63) is 84.1 Å². The molecule has 136 valence electrons. The highest BCUT2D eigenvalue weighted by molar-refractivity contribution is 5.94. The van der Waals surface area contributed by atoms with E-state index in [1.165, 1.54) is 6.07 Å². The number of nitrogens with zero attached hydrogens (tertiary/aromatic N) is 3. The molecule has 0 saturated carbocycles. The van der Waals surface area contributed by atoms with Gasteiger partial charge in [0.1, 0.15) is 5.82 Å². The molecule has 1 aliphatic heterocycles. The molecular formula is C22H20FN3O. The third kappa shape index (κ3) is 3.58. The Morgan fingerprint density at radius 3 is 2.56 bits per heavy atom. The number of halogens is 1. The fourth-order valence-electron chi connectivity index (χ4n) is 3.66. The van der Waals surface area contributed by atoms with Crippen molar-refractivity contribution in [2.75, 3.05) is 13.1 Å². The van der Waals surface area contributed by atoms with E-state index in [4.69, 9.17) is 0 Å². The molecule has 1 saturated heterocycles. The lowest BCUT2D eigenvalue weighted by atomic mass is 9.91. The smallest absolute Gasteiger partial charge is 0.253 e. The molecule has 0 radical (unpaired) electrons. The lowest BCUT2D eigenvalue weighted by molar-refractivity contribution is 0.0706. The minimum Gasteiger partial charge on any atom is -0.338 e. The predicted molar refractivity (Wildman–Crippen MR) is 102 cm³/mol. The van der Waals surface area contributed by atoms with Crippen LogP contribution in [-0.2, 0) is 0 Å². The first kappa shape index (κ1) is 17.3. The monoisotopic (exact) mass is 361 g/mol. The van der Waals surface area contributed by atoms with Crippen LogP contribution in [0.1, 0.15) is 34.8 Å². The van der Waals surface area contributed by atoms with Gasteiger partial charge in [0.2, 0.25) is 0 Å². The lowest BCUT2D eigenvalue weighted by Crippen LogP contribution is -2.39. The molecule has 4 rings (SSSR count). The molecule has 3 aromatic rings. The number of amides is 1. The highest BCUT2D eigenvalue weighted by Gasteiger charge is 2.28. The minimum atomic E-state index is -0.313. The van der Waals surface area contributed by atoms with E-state index in [9.17, 15) is 9.18 Å². The van der Waals surface area contributed by atoms with E-state index in [2.05, 4.69) is 9.97 Å². The molecule has 0 aliphatic carbocycles. The van der Waals surface area contributed by atoms with E-state index in [0.717, 1.165) is 25.1 Å². The van der Waals surface area contributed by atoms with Crippen LogP contribution in [0, 0.1) is 5.82 Å².